The minimum atomic E-state index is -0.107. The number of amides is 1. The summed E-state index contributed by atoms with van der Waals surface area (Å²) in [4.78, 5) is 19.7. The summed E-state index contributed by atoms with van der Waals surface area (Å²) < 4.78 is 2.07. The Hall–Kier alpha value is -2.66. The Kier molecular flexibility index (Phi) is 4.70. The van der Waals surface area contributed by atoms with Crippen LogP contribution < -0.4 is 5.32 Å². The lowest BCUT2D eigenvalue weighted by Crippen LogP contribution is -2.34. The maximum absolute atomic E-state index is 12.9. The Bertz CT molecular complexity index is 954. The third-order valence-electron chi connectivity index (χ3n) is 5.27. The number of pyridine rings is 1. The van der Waals surface area contributed by atoms with Crippen molar-refractivity contribution in [3.63, 3.8) is 0 Å². The van der Waals surface area contributed by atoms with Crippen LogP contribution in [0.15, 0.2) is 48.7 Å². The molecule has 1 atom stereocenters. The van der Waals surface area contributed by atoms with Gasteiger partial charge in [-0.15, -0.1) is 0 Å². The number of rotatable bonds is 6. The zero-order valence-corrected chi connectivity index (χ0v) is 16.1. The van der Waals surface area contributed by atoms with Gasteiger partial charge >= 0.3 is 0 Å². The van der Waals surface area contributed by atoms with E-state index in [-0.39, 0.29) is 11.9 Å². The Morgan fingerprint density at radius 2 is 1.96 bits per heavy atom. The van der Waals surface area contributed by atoms with Gasteiger partial charge in [-0.1, -0.05) is 35.9 Å². The predicted molar refractivity (Wildman–Crippen MR) is 107 cm³/mol. The standard InChI is InChI=1S/C22H26N4O/c1-15-7-9-16(10-8-15)19(25(2)3)14-23-22(27)20-18-6-4-5-13-26(18)21(24-20)17-11-12-17/h4-10,13,17,19H,11-12,14H2,1-3H3,(H,23,27). The minimum absolute atomic E-state index is 0.107. The zero-order chi connectivity index (χ0) is 19.0. The first kappa shape index (κ1) is 17.7. The molecule has 0 radical (unpaired) electrons. The van der Waals surface area contributed by atoms with Gasteiger partial charge in [0.05, 0.1) is 11.6 Å². The molecule has 140 valence electrons. The third-order valence-corrected chi connectivity index (χ3v) is 5.27. The second kappa shape index (κ2) is 7.16. The molecule has 5 heteroatoms. The van der Waals surface area contributed by atoms with Gasteiger partial charge in [0, 0.05) is 18.7 Å². The Balaban J connectivity index is 1.55. The van der Waals surface area contributed by atoms with Crippen LogP contribution in [0.25, 0.3) is 5.52 Å². The van der Waals surface area contributed by atoms with Gasteiger partial charge in [-0.2, -0.15) is 0 Å². The van der Waals surface area contributed by atoms with Crippen LogP contribution in [-0.4, -0.2) is 40.8 Å². The molecule has 0 saturated heterocycles. The molecular weight excluding hydrogens is 336 g/mol. The number of hydrogen-bond donors (Lipinski definition) is 1. The molecule has 1 aliphatic rings. The smallest absolute Gasteiger partial charge is 0.272 e. The first-order valence-electron chi connectivity index (χ1n) is 9.53. The summed E-state index contributed by atoms with van der Waals surface area (Å²) in [7, 11) is 4.07. The molecule has 1 unspecified atom stereocenters. The SMILES string of the molecule is Cc1ccc(C(CNC(=O)c2nc(C3CC3)n3ccccc23)N(C)C)cc1. The fourth-order valence-corrected chi connectivity index (χ4v) is 3.52. The molecule has 0 aliphatic heterocycles. The van der Waals surface area contributed by atoms with E-state index in [0.717, 1.165) is 24.2 Å². The van der Waals surface area contributed by atoms with Crippen LogP contribution in [0, 0.1) is 6.92 Å². The maximum Gasteiger partial charge on any atom is 0.272 e. The molecule has 1 fully saturated rings. The number of likely N-dealkylation sites (N-methyl/N-ethyl adjacent to an activating group) is 1. The summed E-state index contributed by atoms with van der Waals surface area (Å²) in [6, 6.07) is 14.5. The Morgan fingerprint density at radius 1 is 1.22 bits per heavy atom. The van der Waals surface area contributed by atoms with E-state index >= 15 is 0 Å². The molecule has 3 aromatic rings. The molecule has 2 aromatic heterocycles. The molecule has 1 aromatic carbocycles. The molecule has 27 heavy (non-hydrogen) atoms. The normalized spacial score (nSPS) is 15.3. The van der Waals surface area contributed by atoms with E-state index in [4.69, 9.17) is 4.98 Å². The monoisotopic (exact) mass is 362 g/mol. The van der Waals surface area contributed by atoms with Gasteiger partial charge in [0.15, 0.2) is 5.69 Å². The Morgan fingerprint density at radius 3 is 2.63 bits per heavy atom. The summed E-state index contributed by atoms with van der Waals surface area (Å²) in [5.74, 6) is 1.39. The van der Waals surface area contributed by atoms with Gasteiger partial charge in [-0.3, -0.25) is 4.79 Å². The highest BCUT2D eigenvalue weighted by atomic mass is 16.1. The molecule has 4 rings (SSSR count). The quantitative estimate of drug-likeness (QED) is 0.729. The average Bonchev–Trinajstić information content (AvgIpc) is 3.43. The fraction of sp³-hybridized carbons (Fsp3) is 0.364. The lowest BCUT2D eigenvalue weighted by Gasteiger charge is -2.25. The highest BCUT2D eigenvalue weighted by Gasteiger charge is 2.30. The van der Waals surface area contributed by atoms with E-state index in [0.29, 0.717) is 18.2 Å². The summed E-state index contributed by atoms with van der Waals surface area (Å²) in [6.45, 7) is 2.62. The van der Waals surface area contributed by atoms with Crippen LogP contribution in [0.2, 0.25) is 0 Å². The van der Waals surface area contributed by atoms with Gasteiger partial charge in [-0.05, 0) is 51.6 Å². The van der Waals surface area contributed by atoms with E-state index in [1.807, 2.05) is 38.5 Å². The van der Waals surface area contributed by atoms with Crippen molar-refractivity contribution in [2.24, 2.45) is 0 Å². The molecule has 1 amide bonds. The second-order valence-corrected chi connectivity index (χ2v) is 7.65. The second-order valence-electron chi connectivity index (χ2n) is 7.65. The van der Waals surface area contributed by atoms with E-state index in [2.05, 4.69) is 45.8 Å². The highest BCUT2D eigenvalue weighted by Crippen LogP contribution is 2.40. The van der Waals surface area contributed by atoms with Crippen molar-refractivity contribution >= 4 is 11.4 Å². The van der Waals surface area contributed by atoms with Gasteiger partial charge in [-0.25, -0.2) is 4.98 Å². The lowest BCUT2D eigenvalue weighted by atomic mass is 10.0. The fourth-order valence-electron chi connectivity index (χ4n) is 3.52. The minimum Gasteiger partial charge on any atom is -0.349 e. The first-order valence-corrected chi connectivity index (χ1v) is 9.53. The topological polar surface area (TPSA) is 49.6 Å². The van der Waals surface area contributed by atoms with Gasteiger partial charge in [0.1, 0.15) is 5.82 Å². The van der Waals surface area contributed by atoms with Crippen LogP contribution in [0.3, 0.4) is 0 Å². The van der Waals surface area contributed by atoms with Crippen molar-refractivity contribution in [2.75, 3.05) is 20.6 Å². The molecule has 0 spiro atoms. The number of nitrogens with zero attached hydrogens (tertiary/aromatic N) is 3. The number of imidazole rings is 1. The Labute approximate surface area is 160 Å². The molecule has 1 saturated carbocycles. The van der Waals surface area contributed by atoms with E-state index < -0.39 is 0 Å². The summed E-state index contributed by atoms with van der Waals surface area (Å²) in [5.41, 5.74) is 3.84. The van der Waals surface area contributed by atoms with Crippen LogP contribution in [0.1, 0.15) is 52.2 Å². The van der Waals surface area contributed by atoms with Crippen LogP contribution in [0.4, 0.5) is 0 Å². The largest absolute Gasteiger partial charge is 0.349 e. The summed E-state index contributed by atoms with van der Waals surface area (Å²) in [5, 5.41) is 3.10. The van der Waals surface area contributed by atoms with Gasteiger partial charge in [0.25, 0.3) is 5.91 Å². The van der Waals surface area contributed by atoms with Crippen molar-refractivity contribution in [2.45, 2.75) is 31.7 Å². The summed E-state index contributed by atoms with van der Waals surface area (Å²) in [6.07, 6.45) is 4.32. The summed E-state index contributed by atoms with van der Waals surface area (Å²) >= 11 is 0. The predicted octanol–water partition coefficient (Wildman–Crippen LogP) is 3.55. The molecule has 1 N–H and O–H groups in total. The van der Waals surface area contributed by atoms with E-state index in [9.17, 15) is 4.79 Å². The van der Waals surface area contributed by atoms with Crippen LogP contribution in [-0.2, 0) is 0 Å². The van der Waals surface area contributed by atoms with Crippen molar-refractivity contribution < 1.29 is 4.79 Å². The van der Waals surface area contributed by atoms with Crippen molar-refractivity contribution in [3.8, 4) is 0 Å². The van der Waals surface area contributed by atoms with Gasteiger partial charge < -0.3 is 14.6 Å². The third kappa shape index (κ3) is 3.60. The van der Waals surface area contributed by atoms with Crippen LogP contribution >= 0.6 is 0 Å². The van der Waals surface area contributed by atoms with Crippen molar-refractivity contribution in [3.05, 3.63) is 71.3 Å². The average molecular weight is 362 g/mol. The number of carbonyl (C=O) groups excluding carboxylic acids is 1. The molecule has 1 aliphatic carbocycles. The molecule has 2 heterocycles. The number of nitrogens with one attached hydrogen (secondary N) is 1. The molecule has 5 nitrogen and oxygen atoms in total. The molecule has 0 bridgehead atoms. The lowest BCUT2D eigenvalue weighted by molar-refractivity contribution is 0.0939. The van der Waals surface area contributed by atoms with Gasteiger partial charge in [0.2, 0.25) is 0 Å². The number of benzene rings is 1. The first-order chi connectivity index (χ1) is 13.0. The number of carbonyl (C=O) groups is 1. The van der Waals surface area contributed by atoms with Crippen molar-refractivity contribution in [1.29, 1.82) is 0 Å². The number of aryl methyl sites for hydroxylation is 1. The van der Waals surface area contributed by atoms with E-state index in [1.165, 1.54) is 11.1 Å². The van der Waals surface area contributed by atoms with E-state index in [1.54, 1.807) is 0 Å². The maximum atomic E-state index is 12.9. The number of fused-ring (bicyclic) bond motifs is 1. The highest BCUT2D eigenvalue weighted by molar-refractivity contribution is 5.99. The number of hydrogen-bond acceptors (Lipinski definition) is 3. The van der Waals surface area contributed by atoms with Crippen LogP contribution in [0.5, 0.6) is 0 Å². The number of aromatic nitrogens is 2. The zero-order valence-electron chi connectivity index (χ0n) is 16.1. The molecular formula is C22H26N4O. The van der Waals surface area contributed by atoms with Crippen molar-refractivity contribution in [1.82, 2.24) is 19.6 Å².